The van der Waals surface area contributed by atoms with Crippen molar-refractivity contribution in [3.8, 4) is 0 Å². The van der Waals surface area contributed by atoms with Crippen molar-refractivity contribution in [1.82, 2.24) is 0 Å². The lowest BCUT2D eigenvalue weighted by Crippen LogP contribution is -2.50. The van der Waals surface area contributed by atoms with Gasteiger partial charge in [-0.2, -0.15) is 0 Å². The smallest absolute Gasteiger partial charge is 0.0772 e. The van der Waals surface area contributed by atoms with Crippen LogP contribution >= 0.6 is 0 Å². The topological polar surface area (TPSA) is 35.2 Å². The Kier molecular flexibility index (Phi) is 5.03. The van der Waals surface area contributed by atoms with Gasteiger partial charge in [0.2, 0.25) is 0 Å². The van der Waals surface area contributed by atoms with Crippen LogP contribution in [0.1, 0.15) is 53.9 Å². The van der Waals surface area contributed by atoms with Crippen LogP contribution in [-0.4, -0.2) is 19.3 Å². The van der Waals surface area contributed by atoms with Crippen LogP contribution in [0.3, 0.4) is 0 Å². The van der Waals surface area contributed by atoms with Crippen LogP contribution in [0.2, 0.25) is 0 Å². The monoisotopic (exact) mass is 241 g/mol. The molecule has 0 radical (unpaired) electrons. The second kappa shape index (κ2) is 5.71. The van der Waals surface area contributed by atoms with E-state index in [1.165, 1.54) is 19.3 Å². The van der Waals surface area contributed by atoms with Gasteiger partial charge in [0.25, 0.3) is 0 Å². The van der Waals surface area contributed by atoms with E-state index in [1.54, 1.807) is 7.11 Å². The molecule has 0 heterocycles. The molecule has 0 aliphatic heterocycles. The van der Waals surface area contributed by atoms with Crippen LogP contribution in [0.5, 0.6) is 0 Å². The molecule has 102 valence electrons. The van der Waals surface area contributed by atoms with E-state index in [1.807, 2.05) is 0 Å². The van der Waals surface area contributed by atoms with Gasteiger partial charge in [-0.15, -0.1) is 0 Å². The fraction of sp³-hybridized carbons (Fsp3) is 1.00. The van der Waals surface area contributed by atoms with Crippen LogP contribution in [0.25, 0.3) is 0 Å². The lowest BCUT2D eigenvalue weighted by Gasteiger charge is -2.42. The average Bonchev–Trinajstić information content (AvgIpc) is 2.14. The zero-order chi connectivity index (χ0) is 13.2. The lowest BCUT2D eigenvalue weighted by molar-refractivity contribution is -0.0253. The summed E-state index contributed by atoms with van der Waals surface area (Å²) in [5, 5.41) is 0. The minimum Gasteiger partial charge on any atom is -0.379 e. The Hall–Kier alpha value is -0.0800. The van der Waals surface area contributed by atoms with Crippen molar-refractivity contribution in [3.63, 3.8) is 0 Å². The molecule has 0 saturated heterocycles. The first-order valence-corrected chi connectivity index (χ1v) is 7.04. The van der Waals surface area contributed by atoms with E-state index < -0.39 is 0 Å². The van der Waals surface area contributed by atoms with E-state index in [-0.39, 0.29) is 17.6 Å². The van der Waals surface area contributed by atoms with Crippen LogP contribution < -0.4 is 5.73 Å². The highest BCUT2D eigenvalue weighted by Crippen LogP contribution is 2.37. The van der Waals surface area contributed by atoms with Gasteiger partial charge >= 0.3 is 0 Å². The van der Waals surface area contributed by atoms with E-state index in [4.69, 9.17) is 10.5 Å². The quantitative estimate of drug-likeness (QED) is 0.821. The molecule has 2 heteroatoms. The van der Waals surface area contributed by atoms with Crippen molar-refractivity contribution in [2.24, 2.45) is 28.9 Å². The zero-order valence-electron chi connectivity index (χ0n) is 12.5. The van der Waals surface area contributed by atoms with Crippen molar-refractivity contribution in [1.29, 1.82) is 0 Å². The third kappa shape index (κ3) is 3.96. The number of hydrogen-bond donors (Lipinski definition) is 1. The molecular weight excluding hydrogens is 210 g/mol. The van der Waals surface area contributed by atoms with E-state index in [2.05, 4.69) is 34.6 Å². The Bertz CT molecular complexity index is 224. The van der Waals surface area contributed by atoms with Gasteiger partial charge in [-0.1, -0.05) is 34.6 Å². The average molecular weight is 241 g/mol. The number of rotatable bonds is 3. The second-order valence-electron chi connectivity index (χ2n) is 7.28. The van der Waals surface area contributed by atoms with E-state index >= 15 is 0 Å². The maximum absolute atomic E-state index is 6.49. The third-order valence-electron chi connectivity index (χ3n) is 4.22. The summed E-state index contributed by atoms with van der Waals surface area (Å²) < 4.78 is 5.68. The first-order chi connectivity index (χ1) is 7.75. The van der Waals surface area contributed by atoms with Gasteiger partial charge in [0.1, 0.15) is 0 Å². The van der Waals surface area contributed by atoms with Crippen LogP contribution in [0.15, 0.2) is 0 Å². The normalized spacial score (nSPS) is 34.4. The van der Waals surface area contributed by atoms with Gasteiger partial charge in [-0.05, 0) is 42.4 Å². The van der Waals surface area contributed by atoms with Gasteiger partial charge < -0.3 is 10.5 Å². The van der Waals surface area contributed by atoms with E-state index in [9.17, 15) is 0 Å². The first-order valence-electron chi connectivity index (χ1n) is 7.04. The molecule has 0 spiro atoms. The fourth-order valence-corrected chi connectivity index (χ4v) is 3.66. The Balaban J connectivity index is 2.70. The molecule has 0 bridgehead atoms. The second-order valence-corrected chi connectivity index (χ2v) is 7.28. The maximum atomic E-state index is 6.49. The predicted octanol–water partition coefficient (Wildman–Crippen LogP) is 3.45. The van der Waals surface area contributed by atoms with E-state index in [0.717, 1.165) is 11.8 Å². The van der Waals surface area contributed by atoms with Crippen molar-refractivity contribution < 1.29 is 4.74 Å². The van der Waals surface area contributed by atoms with Crippen LogP contribution in [0.4, 0.5) is 0 Å². The summed E-state index contributed by atoms with van der Waals surface area (Å²) in [6.45, 7) is 11.4. The largest absolute Gasteiger partial charge is 0.379 e. The zero-order valence-corrected chi connectivity index (χ0v) is 12.5. The number of nitrogens with two attached hydrogens (primary N) is 1. The van der Waals surface area contributed by atoms with E-state index in [0.29, 0.717) is 5.92 Å². The van der Waals surface area contributed by atoms with Crippen molar-refractivity contribution >= 4 is 0 Å². The molecule has 4 unspecified atom stereocenters. The molecule has 2 nitrogen and oxygen atoms in total. The molecule has 17 heavy (non-hydrogen) atoms. The van der Waals surface area contributed by atoms with Crippen molar-refractivity contribution in [2.45, 2.75) is 66.0 Å². The molecule has 4 atom stereocenters. The van der Waals surface area contributed by atoms with Crippen molar-refractivity contribution in [3.05, 3.63) is 0 Å². The Morgan fingerprint density at radius 2 is 1.53 bits per heavy atom. The molecule has 1 fully saturated rings. The number of hydrogen-bond acceptors (Lipinski definition) is 2. The molecular formula is C15H31NO. The Labute approximate surface area is 107 Å². The Morgan fingerprint density at radius 3 is 1.88 bits per heavy atom. The highest BCUT2D eigenvalue weighted by Gasteiger charge is 2.37. The highest BCUT2D eigenvalue weighted by molar-refractivity contribution is 4.91. The fourth-order valence-electron chi connectivity index (χ4n) is 3.66. The summed E-state index contributed by atoms with van der Waals surface area (Å²) in [6, 6.07) is 0.171. The summed E-state index contributed by atoms with van der Waals surface area (Å²) in [4.78, 5) is 0. The summed E-state index contributed by atoms with van der Waals surface area (Å²) >= 11 is 0. The maximum Gasteiger partial charge on any atom is 0.0772 e. The van der Waals surface area contributed by atoms with Gasteiger partial charge in [0, 0.05) is 13.2 Å². The highest BCUT2D eigenvalue weighted by atomic mass is 16.5. The molecule has 1 aliphatic carbocycles. The molecule has 1 rings (SSSR count). The number of ether oxygens (including phenoxy) is 1. The molecule has 2 N–H and O–H groups in total. The molecule has 1 aliphatic rings. The Morgan fingerprint density at radius 1 is 1.06 bits per heavy atom. The standard InChI is InChI=1S/C15H31NO/c1-10-7-11(2)9-12(8-10)13(16)14(17-6)15(3,4)5/h10-14H,7-9,16H2,1-6H3. The minimum atomic E-state index is 0.123. The van der Waals surface area contributed by atoms with Gasteiger partial charge in [-0.25, -0.2) is 0 Å². The lowest BCUT2D eigenvalue weighted by atomic mass is 9.70. The minimum absolute atomic E-state index is 0.123. The first kappa shape index (κ1) is 15.0. The molecule has 1 saturated carbocycles. The van der Waals surface area contributed by atoms with Gasteiger partial charge in [-0.3, -0.25) is 0 Å². The molecule has 0 amide bonds. The third-order valence-corrected chi connectivity index (χ3v) is 4.22. The summed E-state index contributed by atoms with van der Waals surface area (Å²) in [5.41, 5.74) is 6.61. The molecule has 0 aromatic heterocycles. The predicted molar refractivity (Wildman–Crippen MR) is 73.9 cm³/mol. The van der Waals surface area contributed by atoms with Crippen molar-refractivity contribution in [2.75, 3.05) is 7.11 Å². The summed E-state index contributed by atoms with van der Waals surface area (Å²) in [6.07, 6.45) is 4.05. The molecule has 0 aromatic rings. The summed E-state index contributed by atoms with van der Waals surface area (Å²) in [5.74, 6) is 2.25. The molecule has 0 aromatic carbocycles. The SMILES string of the molecule is COC(C(N)C1CC(C)CC(C)C1)C(C)(C)C. The van der Waals surface area contributed by atoms with Gasteiger partial charge in [0.05, 0.1) is 6.10 Å². The van der Waals surface area contributed by atoms with Gasteiger partial charge in [0.15, 0.2) is 0 Å². The van der Waals surface area contributed by atoms with Crippen LogP contribution in [-0.2, 0) is 4.74 Å². The summed E-state index contributed by atoms with van der Waals surface area (Å²) in [7, 11) is 1.80. The number of methoxy groups -OCH3 is 1. The van der Waals surface area contributed by atoms with Crippen LogP contribution in [0, 0.1) is 23.2 Å².